The van der Waals surface area contributed by atoms with Crippen molar-refractivity contribution in [2.75, 3.05) is 38.3 Å². The van der Waals surface area contributed by atoms with Gasteiger partial charge in [0.25, 0.3) is 0 Å². The zero-order valence-electron chi connectivity index (χ0n) is 12.3. The highest BCUT2D eigenvalue weighted by atomic mass is 16.5. The van der Waals surface area contributed by atoms with E-state index in [-0.39, 0.29) is 11.5 Å². The van der Waals surface area contributed by atoms with E-state index in [9.17, 15) is 0 Å². The molecule has 1 aliphatic rings. The molecular weight excluding hydrogens is 240 g/mol. The van der Waals surface area contributed by atoms with Crippen molar-refractivity contribution in [3.05, 3.63) is 24.0 Å². The van der Waals surface area contributed by atoms with Crippen LogP contribution in [0.5, 0.6) is 0 Å². The summed E-state index contributed by atoms with van der Waals surface area (Å²) in [6.45, 7) is 9.70. The maximum absolute atomic E-state index is 5.66. The molecule has 19 heavy (non-hydrogen) atoms. The molecule has 2 heterocycles. The Labute approximate surface area is 115 Å². The summed E-state index contributed by atoms with van der Waals surface area (Å²) in [6, 6.07) is 4.28. The second-order valence-corrected chi connectivity index (χ2v) is 6.05. The van der Waals surface area contributed by atoms with Gasteiger partial charge in [-0.25, -0.2) is 0 Å². The highest BCUT2D eigenvalue weighted by Crippen LogP contribution is 2.23. The molecule has 1 fully saturated rings. The first-order chi connectivity index (χ1) is 9.00. The first-order valence-electron chi connectivity index (χ1n) is 6.83. The maximum Gasteiger partial charge on any atom is 0.0983 e. The molecule has 4 nitrogen and oxygen atoms in total. The maximum atomic E-state index is 5.66. The van der Waals surface area contributed by atoms with Crippen molar-refractivity contribution >= 4 is 5.69 Å². The van der Waals surface area contributed by atoms with Crippen LogP contribution < -0.4 is 4.90 Å². The molecule has 1 aliphatic heterocycles. The van der Waals surface area contributed by atoms with Gasteiger partial charge in [-0.3, -0.25) is 4.98 Å². The third kappa shape index (κ3) is 3.67. The van der Waals surface area contributed by atoms with E-state index in [1.54, 1.807) is 7.11 Å². The molecule has 106 valence electrons. The van der Waals surface area contributed by atoms with Crippen molar-refractivity contribution in [2.24, 2.45) is 0 Å². The first-order valence-corrected chi connectivity index (χ1v) is 6.83. The molecule has 4 heteroatoms. The zero-order chi connectivity index (χ0) is 13.9. The minimum atomic E-state index is 0.0993. The Morgan fingerprint density at radius 2 is 2.21 bits per heavy atom. The molecule has 0 unspecified atom stereocenters. The lowest BCUT2D eigenvalue weighted by molar-refractivity contribution is -0.0100. The van der Waals surface area contributed by atoms with Gasteiger partial charge in [-0.2, -0.15) is 0 Å². The summed E-state index contributed by atoms with van der Waals surface area (Å²) in [4.78, 5) is 6.89. The van der Waals surface area contributed by atoms with Crippen LogP contribution >= 0.6 is 0 Å². The Balaban J connectivity index is 2.05. The largest absolute Gasteiger partial charge is 0.382 e. The van der Waals surface area contributed by atoms with Crippen molar-refractivity contribution in [1.29, 1.82) is 0 Å². The summed E-state index contributed by atoms with van der Waals surface area (Å²) >= 11 is 0. The van der Waals surface area contributed by atoms with E-state index < -0.39 is 0 Å². The standard InChI is InChI=1S/C15H24N2O2/c1-15(2,3)14-6-5-12(9-16-14)17-7-8-19-13(10-17)11-18-4/h5-6,9,13H,7-8,10-11H2,1-4H3/t13-/m1/s1. The summed E-state index contributed by atoms with van der Waals surface area (Å²) in [5, 5.41) is 0. The van der Waals surface area contributed by atoms with Crippen LogP contribution in [0.15, 0.2) is 18.3 Å². The van der Waals surface area contributed by atoms with E-state index in [2.05, 4.69) is 42.8 Å². The van der Waals surface area contributed by atoms with Crippen molar-refractivity contribution in [2.45, 2.75) is 32.3 Å². The summed E-state index contributed by atoms with van der Waals surface area (Å²) in [7, 11) is 1.71. The molecule has 2 rings (SSSR count). The Kier molecular flexibility index (Phi) is 4.42. The average Bonchev–Trinajstić information content (AvgIpc) is 2.39. The van der Waals surface area contributed by atoms with Crippen molar-refractivity contribution in [3.8, 4) is 0 Å². The van der Waals surface area contributed by atoms with E-state index in [0.717, 1.165) is 31.1 Å². The van der Waals surface area contributed by atoms with Crippen molar-refractivity contribution < 1.29 is 9.47 Å². The van der Waals surface area contributed by atoms with Gasteiger partial charge in [-0.1, -0.05) is 20.8 Å². The molecule has 1 atom stereocenters. The van der Waals surface area contributed by atoms with E-state index in [4.69, 9.17) is 9.47 Å². The van der Waals surface area contributed by atoms with E-state index in [1.165, 1.54) is 0 Å². The van der Waals surface area contributed by atoms with Crippen LogP contribution in [0.4, 0.5) is 5.69 Å². The van der Waals surface area contributed by atoms with Gasteiger partial charge in [-0.15, -0.1) is 0 Å². The normalized spacial score (nSPS) is 20.6. The number of ether oxygens (including phenoxy) is 2. The Hall–Kier alpha value is -1.13. The molecule has 1 saturated heterocycles. The van der Waals surface area contributed by atoms with E-state index in [1.807, 2.05) is 6.20 Å². The second-order valence-electron chi connectivity index (χ2n) is 6.05. The lowest BCUT2D eigenvalue weighted by atomic mass is 9.92. The van der Waals surface area contributed by atoms with Gasteiger partial charge in [0.1, 0.15) is 0 Å². The fourth-order valence-corrected chi connectivity index (χ4v) is 2.26. The number of pyridine rings is 1. The molecule has 0 aliphatic carbocycles. The van der Waals surface area contributed by atoms with Crippen molar-refractivity contribution in [1.82, 2.24) is 4.98 Å². The molecule has 0 radical (unpaired) electrons. The Morgan fingerprint density at radius 3 is 2.79 bits per heavy atom. The minimum absolute atomic E-state index is 0.0993. The molecule has 0 aromatic carbocycles. The number of aromatic nitrogens is 1. The molecule has 0 bridgehead atoms. The highest BCUT2D eigenvalue weighted by Gasteiger charge is 2.21. The second kappa shape index (κ2) is 5.88. The highest BCUT2D eigenvalue weighted by molar-refractivity contribution is 5.45. The molecule has 0 saturated carbocycles. The summed E-state index contributed by atoms with van der Waals surface area (Å²) < 4.78 is 10.8. The molecular formula is C15H24N2O2. The van der Waals surface area contributed by atoms with Gasteiger partial charge in [-0.05, 0) is 12.1 Å². The molecule has 0 spiro atoms. The van der Waals surface area contributed by atoms with Gasteiger partial charge in [0.2, 0.25) is 0 Å². The minimum Gasteiger partial charge on any atom is -0.382 e. The van der Waals surface area contributed by atoms with Crippen LogP contribution in [0.2, 0.25) is 0 Å². The van der Waals surface area contributed by atoms with Crippen LogP contribution in [0.25, 0.3) is 0 Å². The molecule has 0 amide bonds. The predicted octanol–water partition coefficient (Wildman–Crippen LogP) is 2.23. The number of anilines is 1. The van der Waals surface area contributed by atoms with Gasteiger partial charge < -0.3 is 14.4 Å². The Morgan fingerprint density at radius 1 is 1.42 bits per heavy atom. The lowest BCUT2D eigenvalue weighted by Gasteiger charge is -2.34. The summed E-state index contributed by atoms with van der Waals surface area (Å²) in [5.41, 5.74) is 2.39. The fourth-order valence-electron chi connectivity index (χ4n) is 2.26. The first kappa shape index (κ1) is 14.3. The number of morpholine rings is 1. The molecule has 0 N–H and O–H groups in total. The number of rotatable bonds is 3. The summed E-state index contributed by atoms with van der Waals surface area (Å²) in [6.07, 6.45) is 2.12. The topological polar surface area (TPSA) is 34.6 Å². The quantitative estimate of drug-likeness (QED) is 0.838. The zero-order valence-corrected chi connectivity index (χ0v) is 12.3. The smallest absolute Gasteiger partial charge is 0.0983 e. The third-order valence-electron chi connectivity index (χ3n) is 3.37. The Bertz CT molecular complexity index is 396. The number of hydrogen-bond donors (Lipinski definition) is 0. The van der Waals surface area contributed by atoms with Gasteiger partial charge in [0.05, 0.1) is 31.2 Å². The average molecular weight is 264 g/mol. The third-order valence-corrected chi connectivity index (χ3v) is 3.37. The van der Waals surface area contributed by atoms with E-state index in [0.29, 0.717) is 6.61 Å². The number of hydrogen-bond acceptors (Lipinski definition) is 4. The summed E-state index contributed by atoms with van der Waals surface area (Å²) in [5.74, 6) is 0. The molecule has 1 aromatic heterocycles. The van der Waals surface area contributed by atoms with Gasteiger partial charge in [0.15, 0.2) is 0 Å². The predicted molar refractivity (Wildman–Crippen MR) is 76.8 cm³/mol. The van der Waals surface area contributed by atoms with E-state index >= 15 is 0 Å². The van der Waals surface area contributed by atoms with Crippen molar-refractivity contribution in [3.63, 3.8) is 0 Å². The van der Waals surface area contributed by atoms with Gasteiger partial charge >= 0.3 is 0 Å². The van der Waals surface area contributed by atoms with Gasteiger partial charge in [0, 0.05) is 31.3 Å². The van der Waals surface area contributed by atoms with Crippen LogP contribution in [0, 0.1) is 0 Å². The van der Waals surface area contributed by atoms with Crippen LogP contribution in [-0.4, -0.2) is 44.5 Å². The SMILES string of the molecule is COC[C@H]1CN(c2ccc(C(C)(C)C)nc2)CCO1. The lowest BCUT2D eigenvalue weighted by Crippen LogP contribution is -2.44. The fraction of sp³-hybridized carbons (Fsp3) is 0.667. The monoisotopic (exact) mass is 264 g/mol. The van der Waals surface area contributed by atoms with Crippen LogP contribution in [-0.2, 0) is 14.9 Å². The molecule has 1 aromatic rings. The number of nitrogens with zero attached hydrogens (tertiary/aromatic N) is 2. The number of methoxy groups -OCH3 is 1. The van der Waals surface area contributed by atoms with Crippen LogP contribution in [0.1, 0.15) is 26.5 Å². The van der Waals surface area contributed by atoms with Crippen LogP contribution in [0.3, 0.4) is 0 Å².